The van der Waals surface area contributed by atoms with E-state index < -0.39 is 7.14 Å². The van der Waals surface area contributed by atoms with Gasteiger partial charge in [0.1, 0.15) is 13.1 Å². The third-order valence-corrected chi connectivity index (χ3v) is 15.8. The number of fused-ring (bicyclic) bond motifs is 2. The monoisotopic (exact) mass is 699 g/mol. The molecule has 1 aliphatic carbocycles. The van der Waals surface area contributed by atoms with Crippen LogP contribution in [0.2, 0.25) is 0 Å². The molecule has 2 aliphatic rings. The third kappa shape index (κ3) is 5.76. The van der Waals surface area contributed by atoms with Crippen LogP contribution in [0, 0.1) is 13.8 Å². The Bertz CT molecular complexity index is 2270. The number of rotatable bonds is 8. The van der Waals surface area contributed by atoms with E-state index in [1.165, 1.54) is 33.7 Å². The van der Waals surface area contributed by atoms with Crippen molar-refractivity contribution in [1.82, 2.24) is 0 Å². The highest BCUT2D eigenvalue weighted by Gasteiger charge is 2.41. The molecule has 1 unspecified atom stereocenters. The Labute approximate surface area is 299 Å². The van der Waals surface area contributed by atoms with Crippen molar-refractivity contribution in [3.05, 3.63) is 140 Å². The molecule has 1 aliphatic heterocycles. The maximum Gasteiger partial charge on any atom is 0.199 e. The topological polar surface area (TPSA) is 23.3 Å². The summed E-state index contributed by atoms with van der Waals surface area (Å²) in [5.74, 6) is 0. The van der Waals surface area contributed by atoms with Crippen LogP contribution < -0.4 is 29.9 Å². The Morgan fingerprint density at radius 1 is 0.714 bits per heavy atom. The van der Waals surface area contributed by atoms with Gasteiger partial charge in [0.2, 0.25) is 0 Å². The predicted octanol–water partition coefficient (Wildman–Crippen LogP) is 7.91. The van der Waals surface area contributed by atoms with Crippen molar-refractivity contribution in [3.63, 3.8) is 0 Å². The number of hydrogen-bond acceptors (Lipinski definition) is 4. The number of aryl methyl sites for hydroxylation is 2. The molecule has 0 radical (unpaired) electrons. The van der Waals surface area contributed by atoms with Gasteiger partial charge in [0.05, 0.1) is 0 Å². The lowest BCUT2D eigenvalue weighted by Crippen LogP contribution is -2.38. The molecular weight excluding hydrogens is 656 g/mol. The molecular formula is C43H44N2OPS2+. The van der Waals surface area contributed by atoms with Gasteiger partial charge in [-0.05, 0) is 106 Å². The first-order valence-corrected chi connectivity index (χ1v) is 20.8. The van der Waals surface area contributed by atoms with Crippen molar-refractivity contribution in [1.29, 1.82) is 0 Å². The minimum Gasteiger partial charge on any atom is -0.372 e. The summed E-state index contributed by atoms with van der Waals surface area (Å²) in [5, 5.41) is 2.80. The first kappa shape index (κ1) is 33.5. The van der Waals surface area contributed by atoms with E-state index >= 15 is 4.57 Å². The summed E-state index contributed by atoms with van der Waals surface area (Å²) < 4.78 is 20.8. The van der Waals surface area contributed by atoms with Gasteiger partial charge in [0, 0.05) is 71.2 Å². The third-order valence-electron chi connectivity index (χ3n) is 9.97. The molecule has 7 rings (SSSR count). The second-order valence-electron chi connectivity index (χ2n) is 12.7. The van der Waals surface area contributed by atoms with Crippen LogP contribution in [0.15, 0.2) is 109 Å². The van der Waals surface area contributed by atoms with Crippen LogP contribution >= 0.6 is 29.8 Å². The van der Waals surface area contributed by atoms with Crippen LogP contribution in [0.25, 0.3) is 21.6 Å². The van der Waals surface area contributed by atoms with E-state index in [0.717, 1.165) is 72.0 Å². The lowest BCUT2D eigenvalue weighted by Gasteiger charge is -2.25. The first-order valence-electron chi connectivity index (χ1n) is 17.4. The number of thiophene rings is 2. The molecule has 6 heteroatoms. The summed E-state index contributed by atoms with van der Waals surface area (Å²) in [6, 6.07) is 30.1. The molecule has 0 amide bonds. The summed E-state index contributed by atoms with van der Waals surface area (Å²) in [5.41, 5.74) is 9.72. The highest BCUT2D eigenvalue weighted by molar-refractivity contribution is 7.86. The number of anilines is 1. The zero-order valence-corrected chi connectivity index (χ0v) is 31.8. The average molecular weight is 700 g/mol. The van der Waals surface area contributed by atoms with Crippen LogP contribution in [0.4, 0.5) is 5.69 Å². The van der Waals surface area contributed by atoms with Crippen LogP contribution in [0.3, 0.4) is 0 Å². The Morgan fingerprint density at radius 3 is 1.98 bits per heavy atom. The molecule has 0 saturated heterocycles. The standard InChI is InChI=1S/C43H44N2OPS2/c1-7-44(8-2)33-23-19-31(20-24-33)38-27-36-42(48-38)41(40-29(5)15-14-16-30(40)6)43-37(47(36,46)35-17-12-11-13-18-35)28-39(49-43)32-21-25-34(26-22-32)45(9-3)10-4/h11-28H,7-10H2,1-6H3/q+1. The van der Waals surface area contributed by atoms with Gasteiger partial charge in [-0.1, -0.05) is 60.7 Å². The molecule has 3 aromatic carbocycles. The molecule has 3 nitrogen and oxygen atoms in total. The average Bonchev–Trinajstić information content (AvgIpc) is 3.79. The lowest BCUT2D eigenvalue weighted by atomic mass is 9.94. The van der Waals surface area contributed by atoms with Crippen LogP contribution in [-0.4, -0.2) is 36.5 Å². The van der Waals surface area contributed by atoms with E-state index in [2.05, 4.69) is 142 Å². The van der Waals surface area contributed by atoms with E-state index in [-0.39, 0.29) is 0 Å². The van der Waals surface area contributed by atoms with Gasteiger partial charge < -0.3 is 9.46 Å². The number of allylic oxidation sites excluding steroid dienone is 4. The maximum absolute atomic E-state index is 16.1. The fourth-order valence-corrected chi connectivity index (χ4v) is 13.7. The van der Waals surface area contributed by atoms with Crippen LogP contribution in [0.1, 0.15) is 49.3 Å². The van der Waals surface area contributed by atoms with Gasteiger partial charge in [-0.15, -0.1) is 22.7 Å². The molecule has 2 aromatic heterocycles. The normalized spacial score (nSPS) is 16.6. The zero-order chi connectivity index (χ0) is 34.3. The van der Waals surface area contributed by atoms with Gasteiger partial charge in [0.25, 0.3) is 0 Å². The Kier molecular flexibility index (Phi) is 9.37. The molecule has 0 fully saturated rings. The van der Waals surface area contributed by atoms with Crippen molar-refractivity contribution in [2.75, 3.05) is 31.1 Å². The van der Waals surface area contributed by atoms with Crippen LogP contribution in [0.5, 0.6) is 0 Å². The number of hydrogen-bond donors (Lipinski definition) is 0. The van der Waals surface area contributed by atoms with Crippen molar-refractivity contribution in [2.45, 2.75) is 41.5 Å². The van der Waals surface area contributed by atoms with Crippen molar-refractivity contribution >= 4 is 68.3 Å². The molecule has 0 spiro atoms. The molecule has 0 saturated carbocycles. The molecule has 1 atom stereocenters. The number of benzene rings is 3. The van der Waals surface area contributed by atoms with Gasteiger partial charge in [-0.3, -0.25) is 0 Å². The van der Waals surface area contributed by atoms with Gasteiger partial charge >= 0.3 is 0 Å². The van der Waals surface area contributed by atoms with Crippen molar-refractivity contribution in [3.8, 4) is 10.4 Å². The molecule has 0 N–H and O–H groups in total. The van der Waals surface area contributed by atoms with E-state index in [9.17, 15) is 0 Å². The van der Waals surface area contributed by atoms with E-state index in [1.54, 1.807) is 22.7 Å². The smallest absolute Gasteiger partial charge is 0.199 e. The Morgan fingerprint density at radius 2 is 1.37 bits per heavy atom. The zero-order valence-electron chi connectivity index (χ0n) is 29.3. The summed E-state index contributed by atoms with van der Waals surface area (Å²) >= 11 is 3.58. The summed E-state index contributed by atoms with van der Waals surface area (Å²) in [6.45, 7) is 17.1. The molecule has 248 valence electrons. The Balaban J connectivity index is 1.54. The van der Waals surface area contributed by atoms with E-state index in [0.29, 0.717) is 0 Å². The molecule has 49 heavy (non-hydrogen) atoms. The second-order valence-corrected chi connectivity index (χ2v) is 17.5. The minimum absolute atomic E-state index is 0.889. The second kappa shape index (κ2) is 13.7. The number of nitrogens with zero attached hydrogens (tertiary/aromatic N) is 2. The molecule has 5 aromatic rings. The SMILES string of the molecule is CCN(CC)c1ccc(-c2cc3c(s2)C(c2c(C)cccc2C)=c2sc(=C4C=CC(=[N+](CC)CC)C=C4)cc2P3(=O)c2ccccc2)cc1. The quantitative estimate of drug-likeness (QED) is 0.119. The van der Waals surface area contributed by atoms with E-state index in [1.807, 2.05) is 18.2 Å². The first-order chi connectivity index (χ1) is 23.8. The predicted molar refractivity (Wildman–Crippen MR) is 215 cm³/mol. The molecule has 3 heterocycles. The van der Waals surface area contributed by atoms with Crippen molar-refractivity contribution < 1.29 is 9.14 Å². The lowest BCUT2D eigenvalue weighted by molar-refractivity contribution is -0.519. The molecule has 0 bridgehead atoms. The summed E-state index contributed by atoms with van der Waals surface area (Å²) in [7, 11) is -3.22. The van der Waals surface area contributed by atoms with Crippen LogP contribution in [-0.2, 0) is 4.57 Å². The maximum atomic E-state index is 16.1. The fraction of sp³-hybridized carbons (Fsp3) is 0.233. The van der Waals surface area contributed by atoms with Gasteiger partial charge in [-0.25, -0.2) is 4.58 Å². The largest absolute Gasteiger partial charge is 0.372 e. The summed E-state index contributed by atoms with van der Waals surface area (Å²) in [6.07, 6.45) is 8.91. The van der Waals surface area contributed by atoms with Crippen molar-refractivity contribution in [2.24, 2.45) is 0 Å². The Hall–Kier alpha value is -4.02. The minimum atomic E-state index is -3.22. The van der Waals surface area contributed by atoms with E-state index in [4.69, 9.17) is 0 Å². The highest BCUT2D eigenvalue weighted by Crippen LogP contribution is 2.50. The fourth-order valence-electron chi connectivity index (χ4n) is 7.31. The highest BCUT2D eigenvalue weighted by atomic mass is 32.1. The summed E-state index contributed by atoms with van der Waals surface area (Å²) in [4.78, 5) is 4.65. The van der Waals surface area contributed by atoms with Gasteiger partial charge in [-0.2, -0.15) is 0 Å². The van der Waals surface area contributed by atoms with Gasteiger partial charge in [0.15, 0.2) is 12.9 Å².